The molecular weight excluding hydrogens is 648 g/mol. The van der Waals surface area contributed by atoms with Crippen LogP contribution < -0.4 is 25.0 Å². The molecule has 3 atom stereocenters. The lowest BCUT2D eigenvalue weighted by atomic mass is 9.92. The molecule has 13 nitrogen and oxygen atoms in total. The number of carbonyl (C=O) groups is 1. The van der Waals surface area contributed by atoms with Gasteiger partial charge >= 0.3 is 6.03 Å². The molecule has 1 aromatic carbocycles. The van der Waals surface area contributed by atoms with Crippen molar-refractivity contribution in [3.05, 3.63) is 90.8 Å². The lowest BCUT2D eigenvalue weighted by Gasteiger charge is -2.33. The summed E-state index contributed by atoms with van der Waals surface area (Å²) in [4.78, 5) is 15.8. The number of amides is 2. The van der Waals surface area contributed by atoms with E-state index in [0.717, 1.165) is 29.4 Å². The van der Waals surface area contributed by atoms with Crippen LogP contribution in [0.25, 0.3) is 11.3 Å². The Morgan fingerprint density at radius 1 is 1.12 bits per heavy atom. The Hall–Kier alpha value is -5.14. The molecule has 2 amide bonds. The molecule has 270 valence electrons. The molecule has 0 saturated carbocycles. The fourth-order valence-corrected chi connectivity index (χ4v) is 6.09. The number of hydrogen-bond donors (Lipinski definition) is 3. The van der Waals surface area contributed by atoms with Gasteiger partial charge in [0.15, 0.2) is 5.65 Å². The van der Waals surface area contributed by atoms with Crippen LogP contribution in [0.3, 0.4) is 0 Å². The van der Waals surface area contributed by atoms with E-state index in [0.29, 0.717) is 55.5 Å². The Kier molecular flexibility index (Phi) is 11.1. The number of aliphatic hydroxyl groups is 1. The van der Waals surface area contributed by atoms with Crippen LogP contribution in [0.15, 0.2) is 85.1 Å². The minimum atomic E-state index is -0.378. The van der Waals surface area contributed by atoms with Crippen LogP contribution in [-0.4, -0.2) is 86.7 Å². The first-order valence-electron chi connectivity index (χ1n) is 17.5. The fraction of sp³-hybridized carbons (Fsp3) is 0.421. The van der Waals surface area contributed by atoms with Crippen molar-refractivity contribution in [3.8, 4) is 17.2 Å². The van der Waals surface area contributed by atoms with Crippen molar-refractivity contribution < 1.29 is 24.1 Å². The van der Waals surface area contributed by atoms with E-state index in [9.17, 15) is 9.90 Å². The van der Waals surface area contributed by atoms with E-state index in [1.165, 1.54) is 0 Å². The molecule has 1 aliphatic carbocycles. The number of fused-ring (bicyclic) bond motifs is 1. The monoisotopic (exact) mass is 696 g/mol. The number of carbonyl (C=O) groups excluding carboxylic acids is 1. The highest BCUT2D eigenvalue weighted by Gasteiger charge is 2.26. The molecular formula is C38H48N8O5. The van der Waals surface area contributed by atoms with E-state index in [4.69, 9.17) is 19.3 Å². The highest BCUT2D eigenvalue weighted by molar-refractivity contribution is 5.89. The molecule has 4 aromatic rings. The molecule has 0 radical (unpaired) electrons. The molecule has 1 fully saturated rings. The maximum atomic E-state index is 13.6. The summed E-state index contributed by atoms with van der Waals surface area (Å²) >= 11 is 0. The molecule has 51 heavy (non-hydrogen) atoms. The maximum Gasteiger partial charge on any atom is 0.320 e. The summed E-state index contributed by atoms with van der Waals surface area (Å²) < 4.78 is 21.5. The van der Waals surface area contributed by atoms with Crippen LogP contribution in [0.5, 0.6) is 11.5 Å². The molecule has 3 N–H and O–H groups in total. The van der Waals surface area contributed by atoms with Gasteiger partial charge < -0.3 is 29.5 Å². The molecule has 6 rings (SSSR count). The van der Waals surface area contributed by atoms with Crippen molar-refractivity contribution in [1.82, 2.24) is 29.7 Å². The summed E-state index contributed by atoms with van der Waals surface area (Å²) in [6.07, 6.45) is 11.7. The van der Waals surface area contributed by atoms with Gasteiger partial charge in [0.1, 0.15) is 30.0 Å². The third-order valence-corrected chi connectivity index (χ3v) is 8.91. The lowest BCUT2D eigenvalue weighted by molar-refractivity contribution is 0.0980. The highest BCUT2D eigenvalue weighted by atomic mass is 16.5. The van der Waals surface area contributed by atoms with Gasteiger partial charge in [-0.05, 0) is 49.6 Å². The number of aliphatic hydroxyl groups excluding tert-OH is 1. The molecule has 1 saturated heterocycles. The van der Waals surface area contributed by atoms with Crippen molar-refractivity contribution >= 4 is 23.4 Å². The molecule has 13 heteroatoms. The number of benzene rings is 1. The van der Waals surface area contributed by atoms with E-state index in [2.05, 4.69) is 66.1 Å². The van der Waals surface area contributed by atoms with Crippen LogP contribution in [-0.2, 0) is 10.2 Å². The summed E-state index contributed by atoms with van der Waals surface area (Å²) in [5.41, 5.74) is 2.79. The van der Waals surface area contributed by atoms with E-state index in [1.54, 1.807) is 4.68 Å². The van der Waals surface area contributed by atoms with Crippen molar-refractivity contribution in [2.75, 3.05) is 43.2 Å². The number of aromatic nitrogens is 5. The van der Waals surface area contributed by atoms with Gasteiger partial charge in [0, 0.05) is 30.5 Å². The van der Waals surface area contributed by atoms with Crippen molar-refractivity contribution in [3.63, 3.8) is 0 Å². The largest absolute Gasteiger partial charge is 0.491 e. The summed E-state index contributed by atoms with van der Waals surface area (Å²) in [5, 5.41) is 29.1. The van der Waals surface area contributed by atoms with Crippen LogP contribution >= 0.6 is 0 Å². The van der Waals surface area contributed by atoms with Crippen molar-refractivity contribution in [2.24, 2.45) is 0 Å². The Morgan fingerprint density at radius 3 is 2.78 bits per heavy atom. The topological polar surface area (TPSA) is 140 Å². The minimum absolute atomic E-state index is 0.0908. The van der Waals surface area contributed by atoms with E-state index in [1.807, 2.05) is 71.3 Å². The first-order valence-corrected chi connectivity index (χ1v) is 17.5. The summed E-state index contributed by atoms with van der Waals surface area (Å²) in [6.45, 7) is 14.7. The van der Waals surface area contributed by atoms with Crippen LogP contribution in [0.4, 0.5) is 16.6 Å². The van der Waals surface area contributed by atoms with Gasteiger partial charge in [0.25, 0.3) is 0 Å². The van der Waals surface area contributed by atoms with Crippen molar-refractivity contribution in [1.29, 1.82) is 0 Å². The molecule has 0 spiro atoms. The second kappa shape index (κ2) is 15.8. The first kappa shape index (κ1) is 35.7. The summed E-state index contributed by atoms with van der Waals surface area (Å²) in [5.74, 6) is 2.59. The van der Waals surface area contributed by atoms with Gasteiger partial charge in [-0.2, -0.15) is 5.10 Å². The number of urea groups is 1. The number of rotatable bonds is 9. The normalized spacial score (nSPS) is 21.2. The number of morpholine rings is 1. The number of anilines is 2. The van der Waals surface area contributed by atoms with Crippen LogP contribution in [0.2, 0.25) is 0 Å². The zero-order valence-electron chi connectivity index (χ0n) is 29.8. The summed E-state index contributed by atoms with van der Waals surface area (Å²) in [7, 11) is 0. The minimum Gasteiger partial charge on any atom is -0.491 e. The molecule has 3 aromatic heterocycles. The predicted octanol–water partition coefficient (Wildman–Crippen LogP) is 5.60. The first-order chi connectivity index (χ1) is 24.6. The average molecular weight is 697 g/mol. The van der Waals surface area contributed by atoms with Gasteiger partial charge in [-0.1, -0.05) is 57.7 Å². The van der Waals surface area contributed by atoms with Gasteiger partial charge in [-0.25, -0.2) is 9.48 Å². The molecule has 4 heterocycles. The molecule has 0 unspecified atom stereocenters. The quantitative estimate of drug-likeness (QED) is 0.204. The zero-order valence-corrected chi connectivity index (χ0v) is 29.8. The Labute approximate surface area is 298 Å². The number of ether oxygens (including phenoxy) is 3. The maximum absolute atomic E-state index is 13.6. The number of allylic oxidation sites excluding steroid dienone is 2. The third kappa shape index (κ3) is 8.78. The van der Waals surface area contributed by atoms with Gasteiger partial charge in [-0.15, -0.1) is 10.2 Å². The SMILES string of the molecule is C=C1/C=C\C=C/C[C@H](Oc2ccc3nnc(N4CCOC[C@@H]4C)n3c2)CC[C@@H]1NC(=O)Nc1cc(C(C)(C)C)nn1-c1cccc(OCCO)c1. The van der Waals surface area contributed by atoms with Gasteiger partial charge in [-0.3, -0.25) is 9.72 Å². The smallest absolute Gasteiger partial charge is 0.320 e. The number of hydrogen-bond acceptors (Lipinski definition) is 9. The fourth-order valence-electron chi connectivity index (χ4n) is 6.09. The second-order valence-electron chi connectivity index (χ2n) is 13.9. The van der Waals surface area contributed by atoms with Gasteiger partial charge in [0.2, 0.25) is 5.95 Å². The Bertz CT molecular complexity index is 1890. The Morgan fingerprint density at radius 2 is 1.98 bits per heavy atom. The highest BCUT2D eigenvalue weighted by Crippen LogP contribution is 2.28. The van der Waals surface area contributed by atoms with E-state index in [-0.39, 0.29) is 42.8 Å². The summed E-state index contributed by atoms with van der Waals surface area (Å²) in [6, 6.07) is 12.6. The Balaban J connectivity index is 1.17. The number of pyridine rings is 1. The van der Waals surface area contributed by atoms with Crippen molar-refractivity contribution in [2.45, 2.75) is 70.6 Å². The second-order valence-corrected chi connectivity index (χ2v) is 13.9. The van der Waals surface area contributed by atoms with Crippen LogP contribution in [0.1, 0.15) is 52.7 Å². The average Bonchev–Trinajstić information content (AvgIpc) is 3.73. The number of nitrogens with one attached hydrogen (secondary N) is 2. The van der Waals surface area contributed by atoms with Gasteiger partial charge in [0.05, 0.1) is 49.5 Å². The van der Waals surface area contributed by atoms with E-state index < -0.39 is 0 Å². The molecule has 0 bridgehead atoms. The van der Waals surface area contributed by atoms with Crippen LogP contribution in [0, 0.1) is 0 Å². The standard InChI is InChI=1S/C38H48N8O5/c1-26-10-7-6-8-12-29(51-31-15-17-34-41-42-37(45(34)24-31)44-18-20-49-25-27(44)2)14-16-32(26)39-36(48)40-35-23-33(38(3,4)5)43-46(35)28-11-9-13-30(22-28)50-21-19-47/h6-11,13,15,17,22-24,27,29,32,47H,1,12,14,16,18-21,25H2,2-5H3,(H2,39,40,48)/b8-6-,10-7-/t27-,29-,32-/m0/s1. The van der Waals surface area contributed by atoms with E-state index >= 15 is 0 Å². The predicted molar refractivity (Wildman–Crippen MR) is 197 cm³/mol. The lowest BCUT2D eigenvalue weighted by Crippen LogP contribution is -2.44. The number of nitrogens with zero attached hydrogens (tertiary/aromatic N) is 6. The third-order valence-electron chi connectivity index (χ3n) is 8.91. The molecule has 1 aliphatic heterocycles. The zero-order chi connectivity index (χ0) is 36.0. The molecule has 2 aliphatic rings.